The Hall–Kier alpha value is -3.08. The number of benzene rings is 1. The molecule has 0 aliphatic carbocycles. The van der Waals surface area contributed by atoms with E-state index in [2.05, 4.69) is 14.9 Å². The standard InChI is InChI=1S/C23H28FN5O4/c24-19-4-2-18(3-5-19)21-7-6-20(33-21)16-25-29-17-22(31)28(23(29)32)9-1-8-26-10-12-27(13-11-26)14-15-30/h2-7,16,30H,1,8-15,17H2. The van der Waals surface area contributed by atoms with Crippen molar-refractivity contribution in [2.24, 2.45) is 5.10 Å². The second-order valence-electron chi connectivity index (χ2n) is 8.10. The zero-order valence-electron chi connectivity index (χ0n) is 18.4. The fourth-order valence-electron chi connectivity index (χ4n) is 3.99. The first kappa shape index (κ1) is 23.1. The maximum Gasteiger partial charge on any atom is 0.347 e. The topological polar surface area (TPSA) is 92.8 Å². The molecule has 0 spiro atoms. The predicted octanol–water partition coefficient (Wildman–Crippen LogP) is 1.68. The van der Waals surface area contributed by atoms with Gasteiger partial charge in [-0.1, -0.05) is 0 Å². The highest BCUT2D eigenvalue weighted by atomic mass is 19.1. The van der Waals surface area contributed by atoms with E-state index >= 15 is 0 Å². The van der Waals surface area contributed by atoms with Crippen LogP contribution >= 0.6 is 0 Å². The Morgan fingerprint density at radius 2 is 1.67 bits per heavy atom. The highest BCUT2D eigenvalue weighted by Gasteiger charge is 2.35. The van der Waals surface area contributed by atoms with E-state index in [-0.39, 0.29) is 24.9 Å². The van der Waals surface area contributed by atoms with Crippen molar-refractivity contribution < 1.29 is 23.5 Å². The predicted molar refractivity (Wildman–Crippen MR) is 120 cm³/mol. The molecule has 1 aromatic heterocycles. The number of furan rings is 1. The third kappa shape index (κ3) is 5.84. The summed E-state index contributed by atoms with van der Waals surface area (Å²) in [4.78, 5) is 30.7. The number of β-amino-alcohol motifs (C(OH)–C–C–N with tert-alkyl or cyclic N) is 1. The Morgan fingerprint density at radius 1 is 0.970 bits per heavy atom. The second-order valence-corrected chi connectivity index (χ2v) is 8.10. The quantitative estimate of drug-likeness (QED) is 0.455. The van der Waals surface area contributed by atoms with Crippen LogP contribution in [0.4, 0.5) is 9.18 Å². The van der Waals surface area contributed by atoms with Gasteiger partial charge in [0.2, 0.25) is 0 Å². The molecule has 0 saturated carbocycles. The Bertz CT molecular complexity index is 985. The number of rotatable bonds is 9. The minimum atomic E-state index is -0.436. The molecule has 10 heteroatoms. The van der Waals surface area contributed by atoms with Gasteiger partial charge in [0.15, 0.2) is 0 Å². The van der Waals surface area contributed by atoms with E-state index < -0.39 is 6.03 Å². The average molecular weight is 458 g/mol. The third-order valence-corrected chi connectivity index (χ3v) is 5.85. The average Bonchev–Trinajstić information content (AvgIpc) is 3.39. The summed E-state index contributed by atoms with van der Waals surface area (Å²) in [7, 11) is 0. The number of hydrazone groups is 1. The van der Waals surface area contributed by atoms with Crippen molar-refractivity contribution in [3.05, 3.63) is 48.0 Å². The minimum absolute atomic E-state index is 0.0965. The Kier molecular flexibility index (Phi) is 7.48. The summed E-state index contributed by atoms with van der Waals surface area (Å²) < 4.78 is 18.8. The third-order valence-electron chi connectivity index (χ3n) is 5.85. The molecule has 0 atom stereocenters. The molecule has 0 bridgehead atoms. The van der Waals surface area contributed by atoms with Gasteiger partial charge in [-0.25, -0.2) is 14.2 Å². The lowest BCUT2D eigenvalue weighted by molar-refractivity contribution is -0.125. The largest absolute Gasteiger partial charge is 0.455 e. The highest BCUT2D eigenvalue weighted by molar-refractivity contribution is 6.02. The molecule has 0 radical (unpaired) electrons. The lowest BCUT2D eigenvalue weighted by Gasteiger charge is -2.34. The van der Waals surface area contributed by atoms with Gasteiger partial charge in [0.1, 0.15) is 23.9 Å². The number of amides is 3. The van der Waals surface area contributed by atoms with Crippen LogP contribution < -0.4 is 0 Å². The van der Waals surface area contributed by atoms with Gasteiger partial charge in [-0.2, -0.15) is 5.10 Å². The van der Waals surface area contributed by atoms with E-state index in [0.29, 0.717) is 31.0 Å². The number of aliphatic hydroxyl groups excluding tert-OH is 1. The molecule has 1 N–H and O–H groups in total. The van der Waals surface area contributed by atoms with Crippen molar-refractivity contribution in [1.29, 1.82) is 0 Å². The van der Waals surface area contributed by atoms with E-state index in [1.165, 1.54) is 23.2 Å². The molecular formula is C23H28FN5O4. The molecular weight excluding hydrogens is 429 g/mol. The van der Waals surface area contributed by atoms with Crippen LogP contribution in [0, 0.1) is 5.82 Å². The second kappa shape index (κ2) is 10.7. The first-order valence-corrected chi connectivity index (χ1v) is 11.1. The summed E-state index contributed by atoms with van der Waals surface area (Å²) in [6.07, 6.45) is 2.10. The lowest BCUT2D eigenvalue weighted by atomic mass is 10.2. The molecule has 2 aromatic rings. The maximum absolute atomic E-state index is 13.1. The van der Waals surface area contributed by atoms with Gasteiger partial charge in [0.25, 0.3) is 5.91 Å². The van der Waals surface area contributed by atoms with Crippen LogP contribution in [0.15, 0.2) is 45.9 Å². The van der Waals surface area contributed by atoms with Gasteiger partial charge in [-0.05, 0) is 49.4 Å². The fourth-order valence-corrected chi connectivity index (χ4v) is 3.99. The number of imide groups is 1. The SMILES string of the molecule is O=C1CN(N=Cc2ccc(-c3ccc(F)cc3)o2)C(=O)N1CCCN1CCN(CCO)CC1. The van der Waals surface area contributed by atoms with Crippen molar-refractivity contribution >= 4 is 18.2 Å². The Morgan fingerprint density at radius 3 is 2.36 bits per heavy atom. The molecule has 3 amide bonds. The molecule has 9 nitrogen and oxygen atoms in total. The molecule has 2 aliphatic rings. The fraction of sp³-hybridized carbons (Fsp3) is 0.435. The summed E-state index contributed by atoms with van der Waals surface area (Å²) in [6, 6.07) is 8.94. The van der Waals surface area contributed by atoms with Crippen LogP contribution in [-0.4, -0.2) is 102 Å². The molecule has 3 heterocycles. The van der Waals surface area contributed by atoms with Crippen LogP contribution in [-0.2, 0) is 4.79 Å². The van der Waals surface area contributed by atoms with Crippen LogP contribution in [0.5, 0.6) is 0 Å². The van der Waals surface area contributed by atoms with Crippen LogP contribution in [0.1, 0.15) is 12.2 Å². The summed E-state index contributed by atoms with van der Waals surface area (Å²) in [5, 5.41) is 14.3. The number of hydrogen-bond donors (Lipinski definition) is 1. The van der Waals surface area contributed by atoms with Gasteiger partial charge in [0, 0.05) is 44.8 Å². The van der Waals surface area contributed by atoms with Gasteiger partial charge in [-0.15, -0.1) is 0 Å². The van der Waals surface area contributed by atoms with Crippen molar-refractivity contribution in [1.82, 2.24) is 19.7 Å². The number of carbonyl (C=O) groups excluding carboxylic acids is 2. The number of nitrogens with zero attached hydrogens (tertiary/aromatic N) is 5. The zero-order valence-corrected chi connectivity index (χ0v) is 18.4. The van der Waals surface area contributed by atoms with Gasteiger partial charge in [0.05, 0.1) is 12.8 Å². The Labute approximate surface area is 191 Å². The van der Waals surface area contributed by atoms with E-state index in [9.17, 15) is 14.0 Å². The molecule has 176 valence electrons. The smallest absolute Gasteiger partial charge is 0.347 e. The number of halogens is 1. The minimum Gasteiger partial charge on any atom is -0.455 e. The number of aliphatic hydroxyl groups is 1. The molecule has 33 heavy (non-hydrogen) atoms. The van der Waals surface area contributed by atoms with E-state index in [0.717, 1.165) is 43.3 Å². The van der Waals surface area contributed by atoms with Crippen LogP contribution in [0.2, 0.25) is 0 Å². The summed E-state index contributed by atoms with van der Waals surface area (Å²) in [5.74, 6) is 0.387. The van der Waals surface area contributed by atoms with Gasteiger partial charge < -0.3 is 14.4 Å². The molecule has 2 aliphatic heterocycles. The van der Waals surface area contributed by atoms with Crippen molar-refractivity contribution in [2.45, 2.75) is 6.42 Å². The molecule has 4 rings (SSSR count). The number of piperazine rings is 1. The first-order chi connectivity index (χ1) is 16.0. The number of urea groups is 1. The summed E-state index contributed by atoms with van der Waals surface area (Å²) in [6.45, 7) is 5.62. The zero-order chi connectivity index (χ0) is 23.2. The van der Waals surface area contributed by atoms with E-state index in [1.54, 1.807) is 24.3 Å². The first-order valence-electron chi connectivity index (χ1n) is 11.1. The van der Waals surface area contributed by atoms with Crippen molar-refractivity contribution in [3.63, 3.8) is 0 Å². The van der Waals surface area contributed by atoms with Crippen molar-refractivity contribution in [3.8, 4) is 11.3 Å². The monoisotopic (exact) mass is 457 g/mol. The normalized spacial score (nSPS) is 18.2. The summed E-state index contributed by atoms with van der Waals surface area (Å²) >= 11 is 0. The van der Waals surface area contributed by atoms with E-state index in [4.69, 9.17) is 9.52 Å². The number of carbonyl (C=O) groups is 2. The van der Waals surface area contributed by atoms with Crippen molar-refractivity contribution in [2.75, 3.05) is 59.0 Å². The summed E-state index contributed by atoms with van der Waals surface area (Å²) in [5.41, 5.74) is 0.726. The molecule has 1 aromatic carbocycles. The molecule has 2 saturated heterocycles. The van der Waals surface area contributed by atoms with E-state index in [1.807, 2.05) is 0 Å². The maximum atomic E-state index is 13.1. The highest BCUT2D eigenvalue weighted by Crippen LogP contribution is 2.22. The van der Waals surface area contributed by atoms with Crippen LogP contribution in [0.25, 0.3) is 11.3 Å². The molecule has 2 fully saturated rings. The number of hydrogen-bond acceptors (Lipinski definition) is 7. The lowest BCUT2D eigenvalue weighted by Crippen LogP contribution is -2.47. The van der Waals surface area contributed by atoms with Gasteiger partial charge >= 0.3 is 6.03 Å². The molecule has 0 unspecified atom stereocenters. The van der Waals surface area contributed by atoms with Crippen LogP contribution in [0.3, 0.4) is 0 Å². The van der Waals surface area contributed by atoms with Gasteiger partial charge in [-0.3, -0.25) is 14.6 Å². The Balaban J connectivity index is 1.25.